The van der Waals surface area contributed by atoms with Crippen molar-refractivity contribution in [1.29, 1.82) is 0 Å². The SMILES string of the molecule is O=P1([O-])OCC2(CO1)COP(=O)([O-])OC2.[Ca+2]. The molecule has 2 saturated heterocycles. The molecule has 0 amide bonds. The standard InChI is InChI=1S/C5H10O8P2.Ca/c6-14(7)10-1-5(2-11-14)3-12-15(8,9)13-4-5;/h1-4H2,(H,6,7)(H,8,9);/q;+2/p-2. The van der Waals surface area contributed by atoms with Gasteiger partial charge in [0.05, 0.1) is 31.8 Å². The van der Waals surface area contributed by atoms with Crippen molar-refractivity contribution in [2.45, 2.75) is 0 Å². The number of hydrogen-bond donors (Lipinski definition) is 0. The van der Waals surface area contributed by atoms with E-state index in [-0.39, 0.29) is 64.2 Å². The molecule has 0 unspecified atom stereocenters. The van der Waals surface area contributed by atoms with Crippen LogP contribution in [0.3, 0.4) is 0 Å². The Hall–Kier alpha value is 1.48. The zero-order chi connectivity index (χ0) is 11.2. The predicted octanol–water partition coefficient (Wildman–Crippen LogP) is -1.38. The predicted molar refractivity (Wildman–Crippen MR) is 47.2 cm³/mol. The molecule has 16 heavy (non-hydrogen) atoms. The van der Waals surface area contributed by atoms with E-state index in [0.29, 0.717) is 0 Å². The molecule has 88 valence electrons. The van der Waals surface area contributed by atoms with Crippen molar-refractivity contribution in [3.05, 3.63) is 0 Å². The van der Waals surface area contributed by atoms with Crippen LogP contribution in [0.5, 0.6) is 0 Å². The number of rotatable bonds is 0. The molecule has 11 heteroatoms. The Labute approximate surface area is 121 Å². The van der Waals surface area contributed by atoms with Gasteiger partial charge in [-0.2, -0.15) is 0 Å². The van der Waals surface area contributed by atoms with Crippen molar-refractivity contribution in [3.63, 3.8) is 0 Å². The van der Waals surface area contributed by atoms with E-state index in [4.69, 9.17) is 0 Å². The Morgan fingerprint density at radius 2 is 1.06 bits per heavy atom. The van der Waals surface area contributed by atoms with Gasteiger partial charge in [-0.15, -0.1) is 0 Å². The maximum Gasteiger partial charge on any atom is 2.00 e. The summed E-state index contributed by atoms with van der Waals surface area (Å²) in [6.07, 6.45) is 0. The van der Waals surface area contributed by atoms with Gasteiger partial charge < -0.3 is 27.9 Å². The summed E-state index contributed by atoms with van der Waals surface area (Å²) in [6, 6.07) is 0. The van der Waals surface area contributed by atoms with E-state index in [0.717, 1.165) is 0 Å². The molecule has 0 aromatic rings. The van der Waals surface area contributed by atoms with Gasteiger partial charge in [-0.1, -0.05) is 0 Å². The minimum absolute atomic E-state index is 0. The maximum atomic E-state index is 10.8. The van der Waals surface area contributed by atoms with Crippen LogP contribution < -0.4 is 9.79 Å². The van der Waals surface area contributed by atoms with Crippen LogP contribution in [0.1, 0.15) is 0 Å². The molecule has 0 bridgehead atoms. The summed E-state index contributed by atoms with van der Waals surface area (Å²) in [5, 5.41) is 0. The minimum Gasteiger partial charge on any atom is -0.756 e. The van der Waals surface area contributed by atoms with Crippen LogP contribution >= 0.6 is 15.6 Å². The molecular formula is C5H8CaO8P2. The first-order valence-electron chi connectivity index (χ1n) is 4.03. The molecule has 8 nitrogen and oxygen atoms in total. The second-order valence-corrected chi connectivity index (χ2v) is 6.31. The van der Waals surface area contributed by atoms with Gasteiger partial charge in [-0.05, 0) is 0 Å². The van der Waals surface area contributed by atoms with E-state index in [1.807, 2.05) is 0 Å². The number of phosphoric acid groups is 2. The van der Waals surface area contributed by atoms with Crippen molar-refractivity contribution in [2.24, 2.45) is 5.41 Å². The molecular weight excluding hydrogens is 290 g/mol. The number of hydrogen-bond acceptors (Lipinski definition) is 8. The van der Waals surface area contributed by atoms with Crippen molar-refractivity contribution in [2.75, 3.05) is 26.4 Å². The molecule has 0 atom stereocenters. The molecule has 2 fully saturated rings. The van der Waals surface area contributed by atoms with Gasteiger partial charge in [0.25, 0.3) is 15.6 Å². The zero-order valence-corrected chi connectivity index (χ0v) is 12.2. The third kappa shape index (κ3) is 3.73. The average molecular weight is 298 g/mol. The monoisotopic (exact) mass is 298 g/mol. The molecule has 0 radical (unpaired) electrons. The van der Waals surface area contributed by atoms with Crippen molar-refractivity contribution < 1.29 is 37.0 Å². The van der Waals surface area contributed by atoms with E-state index in [9.17, 15) is 18.9 Å². The first-order chi connectivity index (χ1) is 6.83. The van der Waals surface area contributed by atoms with Gasteiger partial charge in [0.1, 0.15) is 0 Å². The normalized spacial score (nSPS) is 48.6. The van der Waals surface area contributed by atoms with Crippen LogP contribution in [0.25, 0.3) is 0 Å². The summed E-state index contributed by atoms with van der Waals surface area (Å²) in [5.74, 6) is 0. The van der Waals surface area contributed by atoms with Crippen molar-refractivity contribution in [1.82, 2.24) is 0 Å². The van der Waals surface area contributed by atoms with Crippen LogP contribution in [0.4, 0.5) is 0 Å². The van der Waals surface area contributed by atoms with E-state index in [1.165, 1.54) is 0 Å². The van der Waals surface area contributed by atoms with Gasteiger partial charge in [0.15, 0.2) is 0 Å². The Morgan fingerprint density at radius 1 is 0.812 bits per heavy atom. The molecule has 0 saturated carbocycles. The van der Waals surface area contributed by atoms with Crippen LogP contribution in [0.2, 0.25) is 0 Å². The molecule has 2 aliphatic heterocycles. The molecule has 1 spiro atoms. The summed E-state index contributed by atoms with van der Waals surface area (Å²) < 4.78 is 39.4. The summed E-state index contributed by atoms with van der Waals surface area (Å²) in [5.41, 5.74) is -0.864. The maximum absolute atomic E-state index is 10.8. The number of phosphoric ester groups is 2. The summed E-state index contributed by atoms with van der Waals surface area (Å²) in [7, 11) is -8.44. The van der Waals surface area contributed by atoms with Crippen LogP contribution in [-0.4, -0.2) is 64.2 Å². The van der Waals surface area contributed by atoms with Gasteiger partial charge in [-0.3, -0.25) is 9.13 Å². The van der Waals surface area contributed by atoms with E-state index < -0.39 is 21.1 Å². The van der Waals surface area contributed by atoms with Crippen LogP contribution in [0, 0.1) is 5.41 Å². The molecule has 0 aromatic carbocycles. The third-order valence-electron chi connectivity index (χ3n) is 2.12. The van der Waals surface area contributed by atoms with Gasteiger partial charge in [0.2, 0.25) is 0 Å². The Kier molecular flexibility index (Phi) is 5.08. The van der Waals surface area contributed by atoms with E-state index in [2.05, 4.69) is 18.1 Å². The fourth-order valence-corrected chi connectivity index (χ4v) is 3.07. The fraction of sp³-hybridized carbons (Fsp3) is 1.00. The minimum atomic E-state index is -4.22. The van der Waals surface area contributed by atoms with Crippen molar-refractivity contribution in [3.8, 4) is 0 Å². The summed E-state index contributed by atoms with van der Waals surface area (Å²) in [6.45, 7) is -0.802. The fourth-order valence-electron chi connectivity index (χ4n) is 1.19. The molecule has 0 aromatic heterocycles. The molecule has 2 rings (SSSR count). The molecule has 0 N–H and O–H groups in total. The van der Waals surface area contributed by atoms with Gasteiger partial charge in [-0.25, -0.2) is 0 Å². The van der Waals surface area contributed by atoms with E-state index in [1.54, 1.807) is 0 Å². The molecule has 2 heterocycles. The Balaban J connectivity index is 0.00000128. The third-order valence-corrected chi connectivity index (χ3v) is 3.90. The van der Waals surface area contributed by atoms with Crippen LogP contribution in [0.15, 0.2) is 0 Å². The van der Waals surface area contributed by atoms with Gasteiger partial charge >= 0.3 is 37.7 Å². The summed E-state index contributed by atoms with van der Waals surface area (Å²) in [4.78, 5) is 21.6. The Morgan fingerprint density at radius 3 is 1.31 bits per heavy atom. The Bertz CT molecular complexity index is 297. The van der Waals surface area contributed by atoms with Crippen LogP contribution in [-0.2, 0) is 27.2 Å². The first kappa shape index (κ1) is 15.5. The second-order valence-electron chi connectivity index (χ2n) is 3.49. The van der Waals surface area contributed by atoms with Gasteiger partial charge in [0, 0.05) is 0 Å². The topological polar surface area (TPSA) is 117 Å². The smallest absolute Gasteiger partial charge is 0.756 e. The summed E-state index contributed by atoms with van der Waals surface area (Å²) >= 11 is 0. The van der Waals surface area contributed by atoms with Crippen molar-refractivity contribution >= 4 is 53.4 Å². The second kappa shape index (κ2) is 5.23. The zero-order valence-electron chi connectivity index (χ0n) is 8.20. The molecule has 2 aliphatic rings. The van der Waals surface area contributed by atoms with E-state index >= 15 is 0 Å². The molecule has 0 aliphatic carbocycles. The largest absolute Gasteiger partial charge is 2.00 e. The average Bonchev–Trinajstić information content (AvgIpc) is 2.15. The first-order valence-corrected chi connectivity index (χ1v) is 6.95. The quantitative estimate of drug-likeness (QED) is 0.397.